The molecule has 0 bridgehead atoms. The first-order valence-corrected chi connectivity index (χ1v) is 5.97. The van der Waals surface area contributed by atoms with Crippen molar-refractivity contribution in [3.8, 4) is 0 Å². The van der Waals surface area contributed by atoms with E-state index in [0.29, 0.717) is 0 Å². The van der Waals surface area contributed by atoms with Crippen molar-refractivity contribution in [1.82, 2.24) is 4.98 Å². The Balaban J connectivity index is 3.12. The molecule has 2 N–H and O–H groups in total. The molecule has 6 heteroatoms. The average Bonchev–Trinajstić information content (AvgIpc) is 2.18. The van der Waals surface area contributed by atoms with Crippen molar-refractivity contribution in [2.75, 3.05) is 19.5 Å². The zero-order chi connectivity index (χ0) is 11.5. The van der Waals surface area contributed by atoms with Crippen LogP contribution in [0.25, 0.3) is 0 Å². The molecule has 1 atom stereocenters. The van der Waals surface area contributed by atoms with E-state index >= 15 is 0 Å². The first-order chi connectivity index (χ1) is 7.00. The van der Waals surface area contributed by atoms with E-state index < -0.39 is 15.1 Å². The highest BCUT2D eigenvalue weighted by Gasteiger charge is 2.25. The van der Waals surface area contributed by atoms with Gasteiger partial charge >= 0.3 is 0 Å². The summed E-state index contributed by atoms with van der Waals surface area (Å²) in [4.78, 5) is 3.86. The van der Waals surface area contributed by atoms with Crippen LogP contribution in [0.15, 0.2) is 23.4 Å². The monoisotopic (exact) mass is 230 g/mol. The maximum atomic E-state index is 12.0. The molecule has 0 spiro atoms. The van der Waals surface area contributed by atoms with Gasteiger partial charge in [-0.1, -0.05) is 0 Å². The summed E-state index contributed by atoms with van der Waals surface area (Å²) in [6.07, 6.45) is 2.73. The Morgan fingerprint density at radius 3 is 2.80 bits per heavy atom. The highest BCUT2D eigenvalue weighted by Crippen LogP contribution is 2.21. The van der Waals surface area contributed by atoms with Crippen LogP contribution < -0.4 is 5.73 Å². The molecule has 1 aromatic heterocycles. The van der Waals surface area contributed by atoms with E-state index in [0.717, 1.165) is 0 Å². The van der Waals surface area contributed by atoms with Crippen LogP contribution in [0.5, 0.6) is 0 Å². The number of nitrogens with two attached hydrogens (primary N) is 1. The van der Waals surface area contributed by atoms with Gasteiger partial charge < -0.3 is 10.5 Å². The van der Waals surface area contributed by atoms with Gasteiger partial charge in [-0.15, -0.1) is 0 Å². The molecule has 1 unspecified atom stereocenters. The topological polar surface area (TPSA) is 82.3 Å². The molecule has 0 amide bonds. The zero-order valence-electron chi connectivity index (χ0n) is 8.67. The molecule has 84 valence electrons. The van der Waals surface area contributed by atoms with E-state index in [1.165, 1.54) is 25.6 Å². The summed E-state index contributed by atoms with van der Waals surface area (Å²) < 4.78 is 28.7. The number of aromatic nitrogens is 1. The van der Waals surface area contributed by atoms with Gasteiger partial charge in [-0.05, 0) is 13.0 Å². The van der Waals surface area contributed by atoms with Crippen molar-refractivity contribution < 1.29 is 13.2 Å². The summed E-state index contributed by atoms with van der Waals surface area (Å²) in [6.45, 7) is 1.72. The van der Waals surface area contributed by atoms with Crippen molar-refractivity contribution in [3.63, 3.8) is 0 Å². The number of sulfone groups is 1. The molecular weight excluding hydrogens is 216 g/mol. The van der Waals surface area contributed by atoms with Gasteiger partial charge in [0.1, 0.15) is 0 Å². The van der Waals surface area contributed by atoms with Gasteiger partial charge in [0.25, 0.3) is 0 Å². The van der Waals surface area contributed by atoms with Crippen LogP contribution in [0.3, 0.4) is 0 Å². The second-order valence-corrected chi connectivity index (χ2v) is 5.56. The third kappa shape index (κ3) is 2.45. The Morgan fingerprint density at radius 2 is 2.27 bits per heavy atom. The lowest BCUT2D eigenvalue weighted by molar-refractivity contribution is 0.200. The predicted molar refractivity (Wildman–Crippen MR) is 57.2 cm³/mol. The van der Waals surface area contributed by atoms with Crippen LogP contribution in [0.2, 0.25) is 0 Å². The van der Waals surface area contributed by atoms with Crippen molar-refractivity contribution >= 4 is 15.5 Å². The largest absolute Gasteiger partial charge is 0.396 e. The van der Waals surface area contributed by atoms with Crippen molar-refractivity contribution in [2.45, 2.75) is 17.1 Å². The minimum absolute atomic E-state index is 0.113. The number of nitrogen functional groups attached to an aromatic ring is 1. The molecule has 0 saturated carbocycles. The van der Waals surface area contributed by atoms with Crippen LogP contribution in [0.4, 0.5) is 5.69 Å². The zero-order valence-corrected chi connectivity index (χ0v) is 9.49. The number of pyridine rings is 1. The Hall–Kier alpha value is -1.14. The van der Waals surface area contributed by atoms with E-state index in [1.54, 1.807) is 6.92 Å². The maximum absolute atomic E-state index is 12.0. The number of methoxy groups -OCH3 is 1. The van der Waals surface area contributed by atoms with Gasteiger partial charge in [0, 0.05) is 13.3 Å². The van der Waals surface area contributed by atoms with E-state index in [1.807, 2.05) is 0 Å². The van der Waals surface area contributed by atoms with E-state index in [2.05, 4.69) is 4.98 Å². The molecule has 1 heterocycles. The SMILES string of the molecule is COCC(C)S(=O)(=O)c1ccncc1N. The highest BCUT2D eigenvalue weighted by molar-refractivity contribution is 7.92. The molecule has 0 saturated heterocycles. The number of nitrogens with zero attached hydrogens (tertiary/aromatic N) is 1. The lowest BCUT2D eigenvalue weighted by Crippen LogP contribution is -2.23. The lowest BCUT2D eigenvalue weighted by Gasteiger charge is -2.12. The highest BCUT2D eigenvalue weighted by atomic mass is 32.2. The van der Waals surface area contributed by atoms with E-state index in [4.69, 9.17) is 10.5 Å². The molecular formula is C9H14N2O3S. The minimum Gasteiger partial charge on any atom is -0.396 e. The third-order valence-corrected chi connectivity index (χ3v) is 4.23. The van der Waals surface area contributed by atoms with Gasteiger partial charge in [-0.3, -0.25) is 4.98 Å². The van der Waals surface area contributed by atoms with Gasteiger partial charge in [-0.25, -0.2) is 8.42 Å². The van der Waals surface area contributed by atoms with Crippen LogP contribution in [0, 0.1) is 0 Å². The molecule has 0 fully saturated rings. The summed E-state index contributed by atoms with van der Waals surface area (Å²) in [7, 11) is -1.96. The van der Waals surface area contributed by atoms with Gasteiger partial charge in [0.05, 0.1) is 28.6 Å². The number of hydrogen-bond acceptors (Lipinski definition) is 5. The molecule has 0 aromatic carbocycles. The smallest absolute Gasteiger partial charge is 0.185 e. The lowest BCUT2D eigenvalue weighted by atomic mass is 10.4. The van der Waals surface area contributed by atoms with Gasteiger partial charge in [-0.2, -0.15) is 0 Å². The standard InChI is InChI=1S/C9H14N2O3S/c1-7(6-14-2)15(12,13)9-3-4-11-5-8(9)10/h3-5,7H,6,10H2,1-2H3. The number of anilines is 1. The molecule has 5 nitrogen and oxygen atoms in total. The Bertz CT molecular complexity index is 431. The fraction of sp³-hybridized carbons (Fsp3) is 0.444. The van der Waals surface area contributed by atoms with Crippen LogP contribution in [0.1, 0.15) is 6.92 Å². The second-order valence-electron chi connectivity index (χ2n) is 3.22. The number of rotatable bonds is 4. The fourth-order valence-electron chi connectivity index (χ4n) is 1.19. The summed E-state index contributed by atoms with van der Waals surface area (Å²) >= 11 is 0. The Kier molecular flexibility index (Phi) is 3.65. The van der Waals surface area contributed by atoms with E-state index in [9.17, 15) is 8.42 Å². The Labute approximate surface area is 89.2 Å². The van der Waals surface area contributed by atoms with Crippen molar-refractivity contribution in [2.24, 2.45) is 0 Å². The summed E-state index contributed by atoms with van der Waals surface area (Å²) in [5, 5.41) is -0.618. The summed E-state index contributed by atoms with van der Waals surface area (Å²) in [5.41, 5.74) is 5.73. The Morgan fingerprint density at radius 1 is 1.60 bits per heavy atom. The second kappa shape index (κ2) is 4.59. The first kappa shape index (κ1) is 11.9. The molecule has 0 aliphatic heterocycles. The van der Waals surface area contributed by atoms with Crippen molar-refractivity contribution in [3.05, 3.63) is 18.5 Å². The number of hydrogen-bond donors (Lipinski definition) is 1. The summed E-state index contributed by atoms with van der Waals surface area (Å²) in [5.74, 6) is 0. The van der Waals surface area contributed by atoms with Crippen LogP contribution >= 0.6 is 0 Å². The van der Waals surface area contributed by atoms with Gasteiger partial charge in [0.2, 0.25) is 0 Å². The van der Waals surface area contributed by atoms with E-state index in [-0.39, 0.29) is 17.2 Å². The van der Waals surface area contributed by atoms with Crippen LogP contribution in [-0.2, 0) is 14.6 Å². The third-order valence-electron chi connectivity index (χ3n) is 2.05. The molecule has 1 aromatic rings. The summed E-state index contributed by atoms with van der Waals surface area (Å²) in [6, 6.07) is 1.40. The fourth-order valence-corrected chi connectivity index (χ4v) is 2.57. The number of ether oxygens (including phenoxy) is 1. The first-order valence-electron chi connectivity index (χ1n) is 4.42. The molecule has 0 radical (unpaired) electrons. The molecule has 1 rings (SSSR count). The predicted octanol–water partition coefficient (Wildman–Crippen LogP) is 0.472. The van der Waals surface area contributed by atoms with Crippen molar-refractivity contribution in [1.29, 1.82) is 0 Å². The molecule has 15 heavy (non-hydrogen) atoms. The average molecular weight is 230 g/mol. The normalized spacial score (nSPS) is 13.7. The molecule has 0 aliphatic carbocycles. The minimum atomic E-state index is -3.42. The van der Waals surface area contributed by atoms with Crippen LogP contribution in [-0.4, -0.2) is 32.4 Å². The maximum Gasteiger partial charge on any atom is 0.185 e. The molecule has 0 aliphatic rings. The van der Waals surface area contributed by atoms with Gasteiger partial charge in [0.15, 0.2) is 9.84 Å². The quantitative estimate of drug-likeness (QED) is 0.813.